The molecule has 0 spiro atoms. The molecule has 0 unspecified atom stereocenters. The fourth-order valence-corrected chi connectivity index (χ4v) is 3.02. The Hall–Kier alpha value is -1.82. The molecule has 0 fully saturated rings. The lowest BCUT2D eigenvalue weighted by Gasteiger charge is -2.20. The highest BCUT2D eigenvalue weighted by Crippen LogP contribution is 2.26. The van der Waals surface area contributed by atoms with Crippen molar-refractivity contribution in [2.75, 3.05) is 13.2 Å². The molecule has 116 valence electrons. The molecule has 0 radical (unpaired) electrons. The quantitative estimate of drug-likeness (QED) is 0.752. The molecule has 1 aromatic rings. The van der Waals surface area contributed by atoms with Gasteiger partial charge in [0.2, 0.25) is 5.17 Å². The van der Waals surface area contributed by atoms with Crippen molar-refractivity contribution in [1.82, 2.24) is 5.01 Å². The van der Waals surface area contributed by atoms with Crippen molar-refractivity contribution < 1.29 is 4.74 Å². The highest BCUT2D eigenvalue weighted by Gasteiger charge is 2.28. The molecule has 1 aromatic carbocycles. The fraction of sp³-hybridized carbons (Fsp3) is 0.438. The molecule has 0 aliphatic carbocycles. The normalized spacial score (nSPS) is 16.8. The lowest BCUT2D eigenvalue weighted by molar-refractivity contribution is 0.340. The maximum atomic E-state index is 5.48. The Morgan fingerprint density at radius 2 is 2.05 bits per heavy atom. The predicted octanol–water partition coefficient (Wildman–Crippen LogP) is 3.71. The average Bonchev–Trinajstić information content (AvgIpc) is 2.96. The van der Waals surface area contributed by atoms with Gasteiger partial charge >= 0.3 is 0 Å². The zero-order valence-corrected chi connectivity index (χ0v) is 13.8. The van der Waals surface area contributed by atoms with Gasteiger partial charge < -0.3 is 4.74 Å². The van der Waals surface area contributed by atoms with Crippen LogP contribution in [-0.2, 0) is 0 Å². The summed E-state index contributed by atoms with van der Waals surface area (Å²) in [7, 11) is 0. The van der Waals surface area contributed by atoms with Gasteiger partial charge in [-0.05, 0) is 43.2 Å². The minimum atomic E-state index is 0.601. The second-order valence-electron chi connectivity index (χ2n) is 5.12. The third-order valence-electron chi connectivity index (χ3n) is 3.50. The topological polar surface area (TPSA) is 49.6 Å². The van der Waals surface area contributed by atoms with E-state index in [1.165, 1.54) is 11.9 Å². The number of aliphatic imine (C=N–C) groups is 1. The third-order valence-corrected chi connectivity index (χ3v) is 4.26. The van der Waals surface area contributed by atoms with Gasteiger partial charge in [-0.2, -0.15) is 14.5 Å². The smallest absolute Gasteiger partial charge is 0.209 e. The molecule has 3 rings (SSSR count). The summed E-state index contributed by atoms with van der Waals surface area (Å²) < 4.78 is 9.96. The maximum absolute atomic E-state index is 5.48. The molecular weight excluding hydrogens is 296 g/mol. The average molecular weight is 316 g/mol. The molecule has 0 aromatic heterocycles. The Bertz CT molecular complexity index is 622. The SMILES string of the molecule is CCCCC1=NSC2=NCC(c3ccc(OCC)cc3)=NN12. The van der Waals surface area contributed by atoms with Crippen LogP contribution in [-0.4, -0.2) is 34.9 Å². The standard InChI is InChI=1S/C16H20N4OS/c1-3-5-6-15-19-22-16-17-11-14(18-20(15)16)12-7-9-13(10-8-12)21-4-2/h7-10H,3-6,11H2,1-2H3. The van der Waals surface area contributed by atoms with Crippen LogP contribution in [0.1, 0.15) is 38.7 Å². The summed E-state index contributed by atoms with van der Waals surface area (Å²) in [5, 5.41) is 7.54. The fourth-order valence-electron chi connectivity index (χ4n) is 2.32. The van der Waals surface area contributed by atoms with Gasteiger partial charge in [0, 0.05) is 6.42 Å². The van der Waals surface area contributed by atoms with Crippen molar-refractivity contribution in [1.29, 1.82) is 0 Å². The largest absolute Gasteiger partial charge is 0.494 e. The minimum absolute atomic E-state index is 0.601. The molecule has 2 aliphatic heterocycles. The van der Waals surface area contributed by atoms with Crippen LogP contribution in [0.25, 0.3) is 0 Å². The van der Waals surface area contributed by atoms with E-state index in [-0.39, 0.29) is 0 Å². The summed E-state index contributed by atoms with van der Waals surface area (Å²) in [6.45, 7) is 5.44. The molecule has 0 amide bonds. The maximum Gasteiger partial charge on any atom is 0.209 e. The first-order valence-electron chi connectivity index (χ1n) is 7.71. The number of hydrogen-bond donors (Lipinski definition) is 0. The van der Waals surface area contributed by atoms with Crippen molar-refractivity contribution in [3.63, 3.8) is 0 Å². The Kier molecular flexibility index (Phi) is 4.77. The number of hydrazone groups is 1. The minimum Gasteiger partial charge on any atom is -0.494 e. The number of rotatable bonds is 6. The van der Waals surface area contributed by atoms with Crippen LogP contribution in [0.2, 0.25) is 0 Å². The van der Waals surface area contributed by atoms with E-state index < -0.39 is 0 Å². The number of unbranched alkanes of at least 4 members (excludes halogenated alkanes) is 1. The van der Waals surface area contributed by atoms with E-state index in [0.29, 0.717) is 13.2 Å². The van der Waals surface area contributed by atoms with Gasteiger partial charge in [-0.25, -0.2) is 0 Å². The highest BCUT2D eigenvalue weighted by molar-refractivity contribution is 8.13. The molecule has 0 N–H and O–H groups in total. The lowest BCUT2D eigenvalue weighted by Crippen LogP contribution is -2.31. The summed E-state index contributed by atoms with van der Waals surface area (Å²) in [5.74, 6) is 1.89. The number of nitrogens with zero attached hydrogens (tertiary/aromatic N) is 4. The Balaban J connectivity index is 1.76. The van der Waals surface area contributed by atoms with Crippen LogP contribution in [0, 0.1) is 0 Å². The molecule has 0 saturated heterocycles. The monoisotopic (exact) mass is 316 g/mol. The van der Waals surface area contributed by atoms with E-state index in [9.17, 15) is 0 Å². The van der Waals surface area contributed by atoms with Crippen LogP contribution < -0.4 is 4.74 Å². The van der Waals surface area contributed by atoms with E-state index in [1.54, 1.807) is 0 Å². The molecule has 2 heterocycles. The zero-order valence-electron chi connectivity index (χ0n) is 13.0. The number of ether oxygens (including phenoxy) is 1. The van der Waals surface area contributed by atoms with Crippen LogP contribution in [0.4, 0.5) is 0 Å². The van der Waals surface area contributed by atoms with Crippen molar-refractivity contribution in [3.8, 4) is 5.75 Å². The van der Waals surface area contributed by atoms with Crippen LogP contribution in [0.5, 0.6) is 5.75 Å². The van der Waals surface area contributed by atoms with Gasteiger partial charge in [0.1, 0.15) is 11.6 Å². The van der Waals surface area contributed by atoms with E-state index in [1.807, 2.05) is 36.2 Å². The third kappa shape index (κ3) is 3.16. The summed E-state index contributed by atoms with van der Waals surface area (Å²) in [4.78, 5) is 4.60. The second kappa shape index (κ2) is 6.96. The number of amidine groups is 2. The van der Waals surface area contributed by atoms with Gasteiger partial charge in [-0.15, -0.1) is 0 Å². The highest BCUT2D eigenvalue weighted by atomic mass is 32.2. The van der Waals surface area contributed by atoms with Gasteiger partial charge in [0.25, 0.3) is 0 Å². The Morgan fingerprint density at radius 3 is 2.77 bits per heavy atom. The second-order valence-corrected chi connectivity index (χ2v) is 5.85. The van der Waals surface area contributed by atoms with E-state index in [0.717, 1.165) is 47.3 Å². The first-order valence-corrected chi connectivity index (χ1v) is 8.48. The summed E-state index contributed by atoms with van der Waals surface area (Å²) >= 11 is 1.43. The molecular formula is C16H20N4OS. The number of hydrogen-bond acceptors (Lipinski definition) is 6. The van der Waals surface area contributed by atoms with Crippen molar-refractivity contribution in [2.45, 2.75) is 33.1 Å². The van der Waals surface area contributed by atoms with E-state index in [2.05, 4.69) is 16.3 Å². The number of fused-ring (bicyclic) bond motifs is 1. The molecule has 0 bridgehead atoms. The lowest BCUT2D eigenvalue weighted by atomic mass is 10.1. The van der Waals surface area contributed by atoms with Crippen molar-refractivity contribution in [3.05, 3.63) is 29.8 Å². The Labute approximate surface area is 135 Å². The molecule has 22 heavy (non-hydrogen) atoms. The molecule has 5 nitrogen and oxygen atoms in total. The first-order chi connectivity index (χ1) is 10.8. The predicted molar refractivity (Wildman–Crippen MR) is 92.8 cm³/mol. The summed E-state index contributed by atoms with van der Waals surface area (Å²) in [6.07, 6.45) is 3.22. The van der Waals surface area contributed by atoms with Crippen LogP contribution >= 0.6 is 11.9 Å². The van der Waals surface area contributed by atoms with Crippen LogP contribution in [0.3, 0.4) is 0 Å². The number of benzene rings is 1. The van der Waals surface area contributed by atoms with Crippen LogP contribution in [0.15, 0.2) is 38.8 Å². The Morgan fingerprint density at radius 1 is 1.23 bits per heavy atom. The van der Waals surface area contributed by atoms with Gasteiger partial charge in [-0.3, -0.25) is 4.99 Å². The van der Waals surface area contributed by atoms with E-state index in [4.69, 9.17) is 9.84 Å². The zero-order chi connectivity index (χ0) is 15.4. The van der Waals surface area contributed by atoms with Crippen molar-refractivity contribution in [2.24, 2.45) is 14.5 Å². The van der Waals surface area contributed by atoms with E-state index >= 15 is 0 Å². The van der Waals surface area contributed by atoms with Gasteiger partial charge in [0.05, 0.1) is 30.8 Å². The molecule has 2 aliphatic rings. The first kappa shape index (κ1) is 15.1. The molecule has 0 saturated carbocycles. The summed E-state index contributed by atoms with van der Waals surface area (Å²) in [6, 6.07) is 8.03. The summed E-state index contributed by atoms with van der Waals surface area (Å²) in [5.41, 5.74) is 2.05. The van der Waals surface area contributed by atoms with Crippen molar-refractivity contribution >= 4 is 28.7 Å². The molecule has 6 heteroatoms. The molecule has 0 atom stereocenters. The van der Waals surface area contributed by atoms with Gasteiger partial charge in [-0.1, -0.05) is 13.3 Å². The van der Waals surface area contributed by atoms with Gasteiger partial charge in [0.15, 0.2) is 0 Å².